The first-order valence-corrected chi connectivity index (χ1v) is 6.16. The van der Waals surface area contributed by atoms with E-state index in [9.17, 15) is 0 Å². The van der Waals surface area contributed by atoms with Gasteiger partial charge in [0.25, 0.3) is 0 Å². The van der Waals surface area contributed by atoms with Gasteiger partial charge < -0.3 is 10.8 Å². The highest BCUT2D eigenvalue weighted by Crippen LogP contribution is 2.33. The fourth-order valence-electron chi connectivity index (χ4n) is 1.44. The highest BCUT2D eigenvalue weighted by atomic mass is 32.2. The molecule has 0 fully saturated rings. The number of rotatable bonds is 5. The average Bonchev–Trinajstić information content (AvgIpc) is 2.26. The maximum atomic E-state index is 9.05. The summed E-state index contributed by atoms with van der Waals surface area (Å²) in [5, 5.41) is 9.53. The molecule has 3 atom stereocenters. The number of hydrogen-bond acceptors (Lipinski definition) is 3. The van der Waals surface area contributed by atoms with Crippen LogP contribution in [0.15, 0.2) is 30.3 Å². The lowest BCUT2D eigenvalue weighted by Gasteiger charge is -2.23. The SMILES string of the molecule is CC(CO)SC(c1ccccc1)C(C)N. The van der Waals surface area contributed by atoms with Gasteiger partial charge >= 0.3 is 0 Å². The number of aliphatic hydroxyl groups is 1. The zero-order valence-electron chi connectivity index (χ0n) is 9.26. The lowest BCUT2D eigenvalue weighted by molar-refractivity contribution is 0.299. The van der Waals surface area contributed by atoms with Gasteiger partial charge in [0.05, 0.1) is 6.61 Å². The molecule has 0 saturated carbocycles. The summed E-state index contributed by atoms with van der Waals surface area (Å²) >= 11 is 1.73. The second kappa shape index (κ2) is 6.16. The Labute approximate surface area is 95.9 Å². The van der Waals surface area contributed by atoms with Gasteiger partial charge in [0, 0.05) is 16.5 Å². The molecule has 3 heteroatoms. The summed E-state index contributed by atoms with van der Waals surface area (Å²) in [6.45, 7) is 4.22. The second-order valence-electron chi connectivity index (χ2n) is 3.82. The molecule has 0 bridgehead atoms. The Balaban J connectivity index is 2.75. The van der Waals surface area contributed by atoms with Crippen LogP contribution in [-0.4, -0.2) is 23.0 Å². The first-order chi connectivity index (χ1) is 7.15. The molecule has 0 saturated heterocycles. The third kappa shape index (κ3) is 3.86. The van der Waals surface area contributed by atoms with Crippen LogP contribution in [0.2, 0.25) is 0 Å². The average molecular weight is 225 g/mol. The van der Waals surface area contributed by atoms with Crippen molar-refractivity contribution in [3.8, 4) is 0 Å². The topological polar surface area (TPSA) is 46.2 Å². The minimum Gasteiger partial charge on any atom is -0.395 e. The van der Waals surface area contributed by atoms with Gasteiger partial charge in [-0.1, -0.05) is 37.3 Å². The van der Waals surface area contributed by atoms with E-state index < -0.39 is 0 Å². The number of thioether (sulfide) groups is 1. The maximum absolute atomic E-state index is 9.05. The van der Waals surface area contributed by atoms with Gasteiger partial charge in [0.15, 0.2) is 0 Å². The normalized spacial score (nSPS) is 17.1. The fraction of sp³-hybridized carbons (Fsp3) is 0.500. The molecule has 1 aromatic rings. The molecule has 2 nitrogen and oxygen atoms in total. The predicted octanol–water partition coefficient (Wildman–Crippen LogP) is 2.19. The molecule has 0 spiro atoms. The van der Waals surface area contributed by atoms with Crippen molar-refractivity contribution in [1.82, 2.24) is 0 Å². The Hall–Kier alpha value is -0.510. The first kappa shape index (κ1) is 12.6. The Morgan fingerprint density at radius 3 is 2.33 bits per heavy atom. The zero-order chi connectivity index (χ0) is 11.3. The lowest BCUT2D eigenvalue weighted by Crippen LogP contribution is -2.24. The van der Waals surface area contributed by atoms with Gasteiger partial charge in [-0.15, -0.1) is 11.8 Å². The standard InChI is InChI=1S/C12H19NOS/c1-9(8-14)15-12(10(2)13)11-6-4-3-5-7-11/h3-7,9-10,12,14H,8,13H2,1-2H3. The van der Waals surface area contributed by atoms with Crippen molar-refractivity contribution in [3.63, 3.8) is 0 Å². The summed E-state index contributed by atoms with van der Waals surface area (Å²) in [5.74, 6) is 0. The van der Waals surface area contributed by atoms with E-state index in [0.29, 0.717) is 0 Å². The molecule has 84 valence electrons. The highest BCUT2D eigenvalue weighted by molar-refractivity contribution is 8.00. The van der Waals surface area contributed by atoms with Crippen LogP contribution >= 0.6 is 11.8 Å². The molecule has 0 radical (unpaired) electrons. The minimum atomic E-state index is 0.0893. The Bertz CT molecular complexity index is 276. The minimum absolute atomic E-state index is 0.0893. The quantitative estimate of drug-likeness (QED) is 0.807. The van der Waals surface area contributed by atoms with Crippen LogP contribution in [0, 0.1) is 0 Å². The summed E-state index contributed by atoms with van der Waals surface area (Å²) in [4.78, 5) is 0. The van der Waals surface area contributed by atoms with Gasteiger partial charge in [-0.25, -0.2) is 0 Å². The molecule has 0 aromatic heterocycles. The van der Waals surface area contributed by atoms with E-state index in [1.165, 1.54) is 5.56 Å². The number of hydrogen-bond donors (Lipinski definition) is 2. The molecule has 0 aliphatic heterocycles. The van der Waals surface area contributed by atoms with E-state index in [-0.39, 0.29) is 23.1 Å². The molecule has 1 rings (SSSR count). The van der Waals surface area contributed by atoms with E-state index in [1.807, 2.05) is 32.0 Å². The van der Waals surface area contributed by atoms with Gasteiger partial charge in [0.2, 0.25) is 0 Å². The van der Waals surface area contributed by atoms with Crippen LogP contribution < -0.4 is 5.73 Å². The Morgan fingerprint density at radius 1 is 1.27 bits per heavy atom. The third-order valence-corrected chi connectivity index (χ3v) is 3.85. The van der Waals surface area contributed by atoms with Crippen LogP contribution in [0.1, 0.15) is 24.7 Å². The molecule has 1 aromatic carbocycles. The van der Waals surface area contributed by atoms with Crippen molar-refractivity contribution < 1.29 is 5.11 Å². The number of nitrogens with two attached hydrogens (primary N) is 1. The molecule has 0 amide bonds. The largest absolute Gasteiger partial charge is 0.395 e. The van der Waals surface area contributed by atoms with E-state index >= 15 is 0 Å². The summed E-state index contributed by atoms with van der Waals surface area (Å²) in [6, 6.07) is 10.3. The smallest absolute Gasteiger partial charge is 0.0547 e. The Morgan fingerprint density at radius 2 is 1.87 bits per heavy atom. The van der Waals surface area contributed by atoms with Gasteiger partial charge in [-0.3, -0.25) is 0 Å². The number of benzene rings is 1. The van der Waals surface area contributed by atoms with Gasteiger partial charge in [-0.05, 0) is 12.5 Å². The van der Waals surface area contributed by atoms with Crippen LogP contribution in [0.5, 0.6) is 0 Å². The van der Waals surface area contributed by atoms with E-state index in [4.69, 9.17) is 10.8 Å². The Kier molecular flexibility index (Phi) is 5.15. The lowest BCUT2D eigenvalue weighted by atomic mass is 10.1. The van der Waals surface area contributed by atoms with Crippen LogP contribution in [0.25, 0.3) is 0 Å². The molecular weight excluding hydrogens is 206 g/mol. The number of aliphatic hydroxyl groups excluding tert-OH is 1. The van der Waals surface area contributed by atoms with Crippen molar-refractivity contribution >= 4 is 11.8 Å². The zero-order valence-corrected chi connectivity index (χ0v) is 10.1. The van der Waals surface area contributed by atoms with Crippen molar-refractivity contribution in [3.05, 3.63) is 35.9 Å². The molecule has 0 aliphatic rings. The molecule has 15 heavy (non-hydrogen) atoms. The van der Waals surface area contributed by atoms with Gasteiger partial charge in [-0.2, -0.15) is 0 Å². The molecule has 3 N–H and O–H groups in total. The first-order valence-electron chi connectivity index (χ1n) is 5.22. The van der Waals surface area contributed by atoms with Crippen molar-refractivity contribution in [2.45, 2.75) is 30.4 Å². The summed E-state index contributed by atoms with van der Waals surface area (Å²) in [7, 11) is 0. The maximum Gasteiger partial charge on any atom is 0.0547 e. The van der Waals surface area contributed by atoms with Gasteiger partial charge in [0.1, 0.15) is 0 Å². The second-order valence-corrected chi connectivity index (χ2v) is 5.40. The predicted molar refractivity (Wildman–Crippen MR) is 67.0 cm³/mol. The van der Waals surface area contributed by atoms with E-state index in [1.54, 1.807) is 11.8 Å². The van der Waals surface area contributed by atoms with Crippen LogP contribution in [-0.2, 0) is 0 Å². The summed E-state index contributed by atoms with van der Waals surface area (Å²) < 4.78 is 0. The highest BCUT2D eigenvalue weighted by Gasteiger charge is 2.19. The van der Waals surface area contributed by atoms with E-state index in [2.05, 4.69) is 12.1 Å². The summed E-state index contributed by atoms with van der Waals surface area (Å²) in [6.07, 6.45) is 0. The third-order valence-electron chi connectivity index (χ3n) is 2.24. The van der Waals surface area contributed by atoms with Crippen molar-refractivity contribution in [1.29, 1.82) is 0 Å². The van der Waals surface area contributed by atoms with Crippen LogP contribution in [0.4, 0.5) is 0 Å². The van der Waals surface area contributed by atoms with E-state index in [0.717, 1.165) is 0 Å². The summed E-state index contributed by atoms with van der Waals surface area (Å²) in [5.41, 5.74) is 7.20. The molecule has 3 unspecified atom stereocenters. The van der Waals surface area contributed by atoms with Crippen molar-refractivity contribution in [2.75, 3.05) is 6.61 Å². The fourth-order valence-corrected chi connectivity index (χ4v) is 2.59. The monoisotopic (exact) mass is 225 g/mol. The van der Waals surface area contributed by atoms with Crippen LogP contribution in [0.3, 0.4) is 0 Å². The molecular formula is C12H19NOS. The molecule has 0 heterocycles. The molecule has 0 aliphatic carbocycles. The van der Waals surface area contributed by atoms with Crippen molar-refractivity contribution in [2.24, 2.45) is 5.73 Å².